The van der Waals surface area contributed by atoms with Crippen LogP contribution < -0.4 is 5.73 Å². The topological polar surface area (TPSA) is 80.0 Å². The number of thioether (sulfide) groups is 1. The zero-order chi connectivity index (χ0) is 14.8. The number of Topliss-reactive ketones (excluding diaryl/α,β-unsaturated/α-hetero) is 1. The number of hydrogen-bond acceptors (Lipinski definition) is 5. The lowest BCUT2D eigenvalue weighted by atomic mass is 9.90. The van der Waals surface area contributed by atoms with Gasteiger partial charge in [0.2, 0.25) is 0 Å². The van der Waals surface area contributed by atoms with Gasteiger partial charge in [0.05, 0.1) is 34.1 Å². The van der Waals surface area contributed by atoms with E-state index in [1.165, 1.54) is 18.0 Å². The van der Waals surface area contributed by atoms with E-state index < -0.39 is 11.2 Å². The second-order valence-electron chi connectivity index (χ2n) is 4.65. The third kappa shape index (κ3) is 2.34. The van der Waals surface area contributed by atoms with Crippen LogP contribution >= 0.6 is 11.8 Å². The molecule has 2 N–H and O–H groups in total. The molecule has 0 amide bonds. The Morgan fingerprint density at radius 2 is 2.00 bits per heavy atom. The Morgan fingerprint density at radius 1 is 1.24 bits per heavy atom. The standard InChI is InChI=1S/C16H12N2O2S/c17-9-11-13(12-7-4-8-20-12)15(21-16(11)18)14(19)10-5-2-1-3-6-10/h1-8,13,15H,18H2/t13-,15-/m1/s1. The fraction of sp³-hybridized carbons (Fsp3) is 0.125. The molecular formula is C16H12N2O2S. The number of nitrogens with two attached hydrogens (primary N) is 1. The van der Waals surface area contributed by atoms with Crippen molar-refractivity contribution in [3.63, 3.8) is 0 Å². The monoisotopic (exact) mass is 296 g/mol. The van der Waals surface area contributed by atoms with Gasteiger partial charge in [0.15, 0.2) is 5.78 Å². The van der Waals surface area contributed by atoms with Crippen molar-refractivity contribution in [3.05, 3.63) is 70.7 Å². The molecule has 0 saturated carbocycles. The van der Waals surface area contributed by atoms with Gasteiger partial charge in [0.25, 0.3) is 0 Å². The van der Waals surface area contributed by atoms with Crippen LogP contribution in [0.5, 0.6) is 0 Å². The molecule has 2 aromatic rings. The summed E-state index contributed by atoms with van der Waals surface area (Å²) in [6.07, 6.45) is 1.54. The molecule has 3 rings (SSSR count). The summed E-state index contributed by atoms with van der Waals surface area (Å²) >= 11 is 1.23. The maximum atomic E-state index is 12.7. The minimum atomic E-state index is -0.465. The zero-order valence-corrected chi connectivity index (χ0v) is 11.8. The van der Waals surface area contributed by atoms with Gasteiger partial charge in [0.1, 0.15) is 5.76 Å². The van der Waals surface area contributed by atoms with Gasteiger partial charge in [0, 0.05) is 5.56 Å². The lowest BCUT2D eigenvalue weighted by molar-refractivity contribution is 0.0983. The van der Waals surface area contributed by atoms with Crippen LogP contribution in [0.1, 0.15) is 22.0 Å². The first-order valence-corrected chi connectivity index (χ1v) is 7.29. The molecule has 21 heavy (non-hydrogen) atoms. The molecule has 2 atom stereocenters. The van der Waals surface area contributed by atoms with E-state index in [0.717, 1.165) is 0 Å². The van der Waals surface area contributed by atoms with Crippen molar-refractivity contribution in [2.75, 3.05) is 0 Å². The lowest BCUT2D eigenvalue weighted by Gasteiger charge is -2.16. The number of benzene rings is 1. The van der Waals surface area contributed by atoms with Gasteiger partial charge in [-0.05, 0) is 12.1 Å². The second kappa shape index (κ2) is 5.51. The van der Waals surface area contributed by atoms with Crippen LogP contribution in [0.15, 0.2) is 63.7 Å². The normalized spacial score (nSPS) is 21.3. The Morgan fingerprint density at radius 3 is 2.62 bits per heavy atom. The van der Waals surface area contributed by atoms with E-state index in [1.807, 2.05) is 18.2 Å². The summed E-state index contributed by atoms with van der Waals surface area (Å²) in [6, 6.07) is 14.6. The number of furan rings is 1. The minimum Gasteiger partial charge on any atom is -0.469 e. The molecule has 0 bridgehead atoms. The van der Waals surface area contributed by atoms with E-state index in [9.17, 15) is 10.1 Å². The van der Waals surface area contributed by atoms with Crippen molar-refractivity contribution in [3.8, 4) is 6.07 Å². The van der Waals surface area contributed by atoms with E-state index in [-0.39, 0.29) is 5.78 Å². The first-order valence-electron chi connectivity index (χ1n) is 6.41. The van der Waals surface area contributed by atoms with Gasteiger partial charge in [-0.3, -0.25) is 4.79 Å². The van der Waals surface area contributed by atoms with E-state index in [1.54, 1.807) is 24.3 Å². The number of carbonyl (C=O) groups excluding carboxylic acids is 1. The van der Waals surface area contributed by atoms with Gasteiger partial charge in [-0.25, -0.2) is 0 Å². The summed E-state index contributed by atoms with van der Waals surface area (Å²) in [5.74, 6) is 0.117. The smallest absolute Gasteiger partial charge is 0.177 e. The molecule has 0 fully saturated rings. The molecule has 0 spiro atoms. The largest absolute Gasteiger partial charge is 0.469 e. The number of allylic oxidation sites excluding steroid dienone is 1. The van der Waals surface area contributed by atoms with Crippen LogP contribution in [0.25, 0.3) is 0 Å². The average Bonchev–Trinajstić information content (AvgIpc) is 3.14. The van der Waals surface area contributed by atoms with Crippen molar-refractivity contribution in [1.82, 2.24) is 0 Å². The highest BCUT2D eigenvalue weighted by Gasteiger charge is 2.42. The molecule has 2 heterocycles. The minimum absolute atomic E-state index is 0.0461. The van der Waals surface area contributed by atoms with Gasteiger partial charge in [-0.15, -0.1) is 0 Å². The number of ketones is 1. The van der Waals surface area contributed by atoms with E-state index in [0.29, 0.717) is 21.9 Å². The number of hydrogen-bond donors (Lipinski definition) is 1. The number of rotatable bonds is 3. The number of nitriles is 1. The summed E-state index contributed by atoms with van der Waals surface area (Å²) in [5.41, 5.74) is 6.93. The fourth-order valence-corrected chi connectivity index (χ4v) is 3.65. The molecule has 1 aromatic carbocycles. The predicted octanol–water partition coefficient (Wildman–Crippen LogP) is 3.06. The zero-order valence-electron chi connectivity index (χ0n) is 11.0. The third-order valence-electron chi connectivity index (χ3n) is 3.42. The molecule has 104 valence electrons. The molecule has 0 unspecified atom stereocenters. The molecule has 1 aliphatic heterocycles. The van der Waals surface area contributed by atoms with Crippen LogP contribution in [0, 0.1) is 11.3 Å². The van der Waals surface area contributed by atoms with E-state index >= 15 is 0 Å². The molecular weight excluding hydrogens is 284 g/mol. The summed E-state index contributed by atoms with van der Waals surface area (Å²) in [7, 11) is 0. The molecule has 4 nitrogen and oxygen atoms in total. The summed E-state index contributed by atoms with van der Waals surface area (Å²) in [6.45, 7) is 0. The first kappa shape index (κ1) is 13.5. The molecule has 1 aliphatic rings. The number of carbonyl (C=O) groups is 1. The van der Waals surface area contributed by atoms with Crippen LogP contribution in [-0.2, 0) is 0 Å². The van der Waals surface area contributed by atoms with Gasteiger partial charge in [-0.2, -0.15) is 5.26 Å². The fourth-order valence-electron chi connectivity index (χ4n) is 2.43. The van der Waals surface area contributed by atoms with Crippen molar-refractivity contribution < 1.29 is 9.21 Å². The lowest BCUT2D eigenvalue weighted by Crippen LogP contribution is -2.23. The summed E-state index contributed by atoms with van der Waals surface area (Å²) in [4.78, 5) is 12.7. The molecule has 0 radical (unpaired) electrons. The van der Waals surface area contributed by atoms with Gasteiger partial charge < -0.3 is 10.2 Å². The Bertz CT molecular complexity index is 729. The summed E-state index contributed by atoms with van der Waals surface area (Å²) < 4.78 is 5.41. The predicted molar refractivity (Wildman–Crippen MR) is 80.4 cm³/mol. The SMILES string of the molecule is N#CC1=C(N)S[C@@H](C(=O)c2ccccc2)[C@H]1c1ccco1. The van der Waals surface area contributed by atoms with Crippen LogP contribution in [0.4, 0.5) is 0 Å². The van der Waals surface area contributed by atoms with Gasteiger partial charge >= 0.3 is 0 Å². The maximum absolute atomic E-state index is 12.7. The average molecular weight is 296 g/mol. The molecule has 0 saturated heterocycles. The Hall–Kier alpha value is -2.45. The van der Waals surface area contributed by atoms with Crippen LogP contribution in [0.2, 0.25) is 0 Å². The van der Waals surface area contributed by atoms with Crippen molar-refractivity contribution in [1.29, 1.82) is 5.26 Å². The maximum Gasteiger partial charge on any atom is 0.177 e. The van der Waals surface area contributed by atoms with Crippen LogP contribution in [-0.4, -0.2) is 11.0 Å². The highest BCUT2D eigenvalue weighted by Crippen LogP contribution is 2.46. The highest BCUT2D eigenvalue weighted by atomic mass is 32.2. The third-order valence-corrected chi connectivity index (χ3v) is 4.63. The Labute approximate surface area is 126 Å². The number of nitrogens with zero attached hydrogens (tertiary/aromatic N) is 1. The van der Waals surface area contributed by atoms with E-state index in [4.69, 9.17) is 10.2 Å². The second-order valence-corrected chi connectivity index (χ2v) is 5.83. The van der Waals surface area contributed by atoms with E-state index in [2.05, 4.69) is 6.07 Å². The quantitative estimate of drug-likeness (QED) is 0.880. The Balaban J connectivity index is 2.00. The van der Waals surface area contributed by atoms with Crippen molar-refractivity contribution >= 4 is 17.5 Å². The van der Waals surface area contributed by atoms with Gasteiger partial charge in [-0.1, -0.05) is 42.1 Å². The summed E-state index contributed by atoms with van der Waals surface area (Å²) in [5, 5.41) is 9.25. The first-order chi connectivity index (χ1) is 10.2. The highest BCUT2D eigenvalue weighted by molar-refractivity contribution is 8.04. The Kier molecular flexibility index (Phi) is 3.55. The molecule has 1 aromatic heterocycles. The van der Waals surface area contributed by atoms with Crippen LogP contribution in [0.3, 0.4) is 0 Å². The van der Waals surface area contributed by atoms with Crippen molar-refractivity contribution in [2.24, 2.45) is 5.73 Å². The molecule has 5 heteroatoms. The molecule has 0 aliphatic carbocycles. The van der Waals surface area contributed by atoms with Crippen molar-refractivity contribution in [2.45, 2.75) is 11.2 Å².